The maximum Gasteiger partial charge on any atom is 0.143 e. The van der Waals surface area contributed by atoms with Gasteiger partial charge in [-0.2, -0.15) is 0 Å². The summed E-state index contributed by atoms with van der Waals surface area (Å²) >= 11 is 0. The summed E-state index contributed by atoms with van der Waals surface area (Å²) in [5.41, 5.74) is 15.0. The lowest BCUT2D eigenvalue weighted by Gasteiger charge is -2.27. The van der Waals surface area contributed by atoms with Gasteiger partial charge in [-0.15, -0.1) is 0 Å². The zero-order chi connectivity index (χ0) is 36.7. The lowest BCUT2D eigenvalue weighted by molar-refractivity contribution is 0.670. The first kappa shape index (κ1) is 31.0. The predicted molar refractivity (Wildman–Crippen MR) is 236 cm³/mol. The van der Waals surface area contributed by atoms with Crippen molar-refractivity contribution in [2.75, 3.05) is 4.90 Å². The Morgan fingerprint density at radius 3 is 1.66 bits per heavy atom. The standard InChI is InChI=1S/C54H33NO/c1-2-10-41-35(9-1)19-20-37-21-22-38(33-50(37)41)34-23-27-39(28-24-34)55(51-32-31-47-44-12-4-3-11-43(44)46-15-8-17-49(51)53(46)47)40-29-25-36(26-30-40)42-14-7-16-48-45-13-5-6-18-52(45)56-54(42)48/h1-33H. The van der Waals surface area contributed by atoms with Crippen LogP contribution >= 0.6 is 0 Å². The molecule has 0 unspecified atom stereocenters. The Balaban J connectivity index is 1.00. The highest BCUT2D eigenvalue weighted by atomic mass is 16.3. The minimum atomic E-state index is 0.910. The van der Waals surface area contributed by atoms with Crippen LogP contribution in [0.15, 0.2) is 205 Å². The van der Waals surface area contributed by atoms with Crippen molar-refractivity contribution < 1.29 is 4.42 Å². The van der Waals surface area contributed by atoms with Crippen LogP contribution in [0.4, 0.5) is 17.1 Å². The van der Waals surface area contributed by atoms with E-state index in [0.717, 1.165) is 50.1 Å². The maximum atomic E-state index is 6.44. The number of nitrogens with zero attached hydrogens (tertiary/aromatic N) is 1. The van der Waals surface area contributed by atoms with Crippen molar-refractivity contribution in [1.82, 2.24) is 0 Å². The van der Waals surface area contributed by atoms with E-state index < -0.39 is 0 Å². The number of hydrogen-bond donors (Lipinski definition) is 0. The van der Waals surface area contributed by atoms with E-state index in [9.17, 15) is 0 Å². The number of para-hydroxylation sites is 2. The molecule has 11 aromatic rings. The lowest BCUT2D eigenvalue weighted by Crippen LogP contribution is -2.10. The van der Waals surface area contributed by atoms with Crippen LogP contribution < -0.4 is 4.90 Å². The quantitative estimate of drug-likeness (QED) is 0.165. The number of fused-ring (bicyclic) bond motifs is 9. The molecule has 0 aliphatic heterocycles. The van der Waals surface area contributed by atoms with E-state index in [0.29, 0.717) is 0 Å². The average Bonchev–Trinajstić information content (AvgIpc) is 3.81. The maximum absolute atomic E-state index is 6.44. The van der Waals surface area contributed by atoms with E-state index in [2.05, 4.69) is 193 Å². The van der Waals surface area contributed by atoms with Crippen LogP contribution in [0.2, 0.25) is 0 Å². The third-order valence-corrected chi connectivity index (χ3v) is 11.8. The van der Waals surface area contributed by atoms with Crippen LogP contribution in [0.25, 0.3) is 98.8 Å². The van der Waals surface area contributed by atoms with Crippen molar-refractivity contribution in [3.05, 3.63) is 200 Å². The van der Waals surface area contributed by atoms with Gasteiger partial charge in [0.15, 0.2) is 0 Å². The lowest BCUT2D eigenvalue weighted by atomic mass is 9.96. The molecule has 1 heterocycles. The molecule has 0 spiro atoms. The van der Waals surface area contributed by atoms with Gasteiger partial charge in [-0.3, -0.25) is 0 Å². The topological polar surface area (TPSA) is 16.4 Å². The Bertz CT molecular complexity index is 3320. The van der Waals surface area contributed by atoms with E-state index in [1.807, 2.05) is 12.1 Å². The monoisotopic (exact) mass is 711 g/mol. The summed E-state index contributed by atoms with van der Waals surface area (Å²) in [6.45, 7) is 0. The van der Waals surface area contributed by atoms with Gasteiger partial charge in [-0.05, 0) is 108 Å². The third kappa shape index (κ3) is 4.63. The molecular weight excluding hydrogens is 679 g/mol. The first-order chi connectivity index (χ1) is 27.8. The first-order valence-corrected chi connectivity index (χ1v) is 19.3. The highest BCUT2D eigenvalue weighted by molar-refractivity contribution is 6.19. The SMILES string of the molecule is c1ccc2c(c1)-c1cccc3c(N(c4ccc(-c5ccc6ccc7ccccc7c6c5)cc4)c4ccc(-c5cccc6c5oc5ccccc56)cc4)ccc-2c13. The average molecular weight is 712 g/mol. The van der Waals surface area contributed by atoms with Crippen molar-refractivity contribution in [2.45, 2.75) is 0 Å². The number of furan rings is 1. The highest BCUT2D eigenvalue weighted by Crippen LogP contribution is 2.51. The van der Waals surface area contributed by atoms with E-state index >= 15 is 0 Å². The molecule has 0 radical (unpaired) electrons. The molecule has 2 nitrogen and oxygen atoms in total. The Kier molecular flexibility index (Phi) is 6.66. The molecule has 1 aliphatic rings. The van der Waals surface area contributed by atoms with Gasteiger partial charge in [0.1, 0.15) is 11.2 Å². The molecule has 1 aliphatic carbocycles. The van der Waals surface area contributed by atoms with Crippen LogP contribution in [0.1, 0.15) is 0 Å². The van der Waals surface area contributed by atoms with Gasteiger partial charge in [-0.25, -0.2) is 0 Å². The van der Waals surface area contributed by atoms with Gasteiger partial charge in [-0.1, -0.05) is 158 Å². The fourth-order valence-corrected chi connectivity index (χ4v) is 9.16. The van der Waals surface area contributed by atoms with Crippen molar-refractivity contribution >= 4 is 71.3 Å². The molecule has 0 bridgehead atoms. The third-order valence-electron chi connectivity index (χ3n) is 11.8. The van der Waals surface area contributed by atoms with E-state index in [4.69, 9.17) is 4.42 Å². The molecule has 0 amide bonds. The van der Waals surface area contributed by atoms with Crippen LogP contribution in [-0.2, 0) is 0 Å². The van der Waals surface area contributed by atoms with Gasteiger partial charge in [0.2, 0.25) is 0 Å². The molecule has 0 saturated carbocycles. The van der Waals surface area contributed by atoms with Crippen LogP contribution in [0, 0.1) is 0 Å². The minimum absolute atomic E-state index is 0.910. The molecule has 0 atom stereocenters. The summed E-state index contributed by atoms with van der Waals surface area (Å²) in [5.74, 6) is 0. The summed E-state index contributed by atoms with van der Waals surface area (Å²) in [6, 6.07) is 72.8. The van der Waals surface area contributed by atoms with Crippen LogP contribution in [-0.4, -0.2) is 0 Å². The fraction of sp³-hybridized carbons (Fsp3) is 0. The molecular formula is C54H33NO. The zero-order valence-corrected chi connectivity index (χ0v) is 30.4. The summed E-state index contributed by atoms with van der Waals surface area (Å²) in [6.07, 6.45) is 0. The smallest absolute Gasteiger partial charge is 0.143 e. The van der Waals surface area contributed by atoms with Crippen LogP contribution in [0.3, 0.4) is 0 Å². The molecule has 0 saturated heterocycles. The zero-order valence-electron chi connectivity index (χ0n) is 30.4. The number of benzene rings is 10. The fourth-order valence-electron chi connectivity index (χ4n) is 9.16. The molecule has 2 heteroatoms. The molecule has 0 N–H and O–H groups in total. The van der Waals surface area contributed by atoms with Crippen molar-refractivity contribution in [3.63, 3.8) is 0 Å². The summed E-state index contributed by atoms with van der Waals surface area (Å²) in [4.78, 5) is 2.41. The van der Waals surface area contributed by atoms with Crippen molar-refractivity contribution in [2.24, 2.45) is 0 Å². The molecule has 10 aromatic carbocycles. The molecule has 12 rings (SSSR count). The van der Waals surface area contributed by atoms with Crippen molar-refractivity contribution in [1.29, 1.82) is 0 Å². The normalized spacial score (nSPS) is 11.9. The molecule has 1 aromatic heterocycles. The molecule has 260 valence electrons. The van der Waals surface area contributed by atoms with E-state index in [1.165, 1.54) is 65.7 Å². The largest absolute Gasteiger partial charge is 0.455 e. The predicted octanol–water partition coefficient (Wildman–Crippen LogP) is 15.5. The summed E-state index contributed by atoms with van der Waals surface area (Å²) < 4.78 is 6.44. The minimum Gasteiger partial charge on any atom is -0.455 e. The summed E-state index contributed by atoms with van der Waals surface area (Å²) in [7, 11) is 0. The van der Waals surface area contributed by atoms with E-state index in [1.54, 1.807) is 0 Å². The van der Waals surface area contributed by atoms with E-state index in [-0.39, 0.29) is 0 Å². The number of rotatable bonds is 5. The second-order valence-corrected chi connectivity index (χ2v) is 14.8. The van der Waals surface area contributed by atoms with Crippen molar-refractivity contribution in [3.8, 4) is 44.5 Å². The summed E-state index contributed by atoms with van der Waals surface area (Å²) in [5, 5.41) is 9.89. The van der Waals surface area contributed by atoms with Gasteiger partial charge < -0.3 is 9.32 Å². The number of anilines is 3. The van der Waals surface area contributed by atoms with Gasteiger partial charge in [0.25, 0.3) is 0 Å². The second-order valence-electron chi connectivity index (χ2n) is 14.8. The highest BCUT2D eigenvalue weighted by Gasteiger charge is 2.25. The van der Waals surface area contributed by atoms with Gasteiger partial charge in [0, 0.05) is 33.1 Å². The molecule has 0 fully saturated rings. The Labute approximate surface area is 324 Å². The Hall–Kier alpha value is -7.42. The first-order valence-electron chi connectivity index (χ1n) is 19.3. The van der Waals surface area contributed by atoms with Crippen LogP contribution in [0.5, 0.6) is 0 Å². The molecule has 56 heavy (non-hydrogen) atoms. The Morgan fingerprint density at radius 1 is 0.321 bits per heavy atom. The van der Waals surface area contributed by atoms with Gasteiger partial charge in [0.05, 0.1) is 5.69 Å². The number of hydrogen-bond acceptors (Lipinski definition) is 2. The Morgan fingerprint density at radius 2 is 0.875 bits per heavy atom. The second kappa shape index (κ2) is 12.0. The van der Waals surface area contributed by atoms with Gasteiger partial charge >= 0.3 is 0 Å².